The van der Waals surface area contributed by atoms with E-state index in [0.717, 1.165) is 44.7 Å². The molecule has 0 saturated heterocycles. The molecule has 0 bridgehead atoms. The lowest BCUT2D eigenvalue weighted by atomic mass is 9.92. The highest BCUT2D eigenvalue weighted by atomic mass is 19.1. The van der Waals surface area contributed by atoms with Crippen LogP contribution in [0.4, 0.5) is 14.9 Å². The third-order valence-electron chi connectivity index (χ3n) is 6.17. The summed E-state index contributed by atoms with van der Waals surface area (Å²) in [4.78, 5) is 18.7. The Hall–Kier alpha value is -3.80. The smallest absolute Gasteiger partial charge is 0.322 e. The van der Waals surface area contributed by atoms with Gasteiger partial charge in [0, 0.05) is 28.8 Å². The molecule has 0 fully saturated rings. The zero-order valence-corrected chi connectivity index (χ0v) is 18.0. The van der Waals surface area contributed by atoms with Gasteiger partial charge in [-0.05, 0) is 66.4 Å². The van der Waals surface area contributed by atoms with Crippen LogP contribution in [0, 0.1) is 12.7 Å². The minimum atomic E-state index is -0.359. The lowest BCUT2D eigenvalue weighted by molar-refractivity contribution is 0.193. The van der Waals surface area contributed by atoms with Crippen LogP contribution in [0.5, 0.6) is 5.75 Å². The molecule has 32 heavy (non-hydrogen) atoms. The zero-order chi connectivity index (χ0) is 22.2. The molecule has 1 atom stereocenters. The average Bonchev–Trinajstić information content (AvgIpc) is 3.18. The van der Waals surface area contributed by atoms with Crippen LogP contribution in [0.1, 0.15) is 28.4 Å². The number of fused-ring (bicyclic) bond motifs is 3. The molecule has 4 aromatic rings. The Morgan fingerprint density at radius 3 is 2.66 bits per heavy atom. The summed E-state index contributed by atoms with van der Waals surface area (Å²) < 4.78 is 19.1. The van der Waals surface area contributed by atoms with Crippen molar-refractivity contribution in [1.82, 2.24) is 9.88 Å². The van der Waals surface area contributed by atoms with Gasteiger partial charge in [-0.15, -0.1) is 0 Å². The normalized spacial score (nSPS) is 15.5. The second-order valence-electron chi connectivity index (χ2n) is 8.07. The topological polar surface area (TPSA) is 57.4 Å². The van der Waals surface area contributed by atoms with Gasteiger partial charge >= 0.3 is 6.03 Å². The fourth-order valence-corrected chi connectivity index (χ4v) is 4.51. The number of benzene rings is 3. The Labute approximate surface area is 185 Å². The number of carbonyl (C=O) groups excluding carboxylic acids is 1. The molecule has 0 aliphatic carbocycles. The van der Waals surface area contributed by atoms with Crippen molar-refractivity contribution in [2.24, 2.45) is 0 Å². The van der Waals surface area contributed by atoms with E-state index in [4.69, 9.17) is 4.74 Å². The van der Waals surface area contributed by atoms with Crippen molar-refractivity contribution >= 4 is 22.6 Å². The number of aromatic nitrogens is 1. The van der Waals surface area contributed by atoms with E-state index in [1.54, 1.807) is 19.2 Å². The summed E-state index contributed by atoms with van der Waals surface area (Å²) in [5, 5.41) is 4.14. The second-order valence-corrected chi connectivity index (χ2v) is 8.07. The molecule has 5 nitrogen and oxygen atoms in total. The molecule has 3 aromatic carbocycles. The quantitative estimate of drug-likeness (QED) is 0.432. The molecule has 0 saturated carbocycles. The second kappa shape index (κ2) is 8.04. The van der Waals surface area contributed by atoms with Gasteiger partial charge in [-0.1, -0.05) is 30.3 Å². The van der Waals surface area contributed by atoms with Gasteiger partial charge in [0.05, 0.1) is 13.2 Å². The van der Waals surface area contributed by atoms with Crippen molar-refractivity contribution in [3.63, 3.8) is 0 Å². The summed E-state index contributed by atoms with van der Waals surface area (Å²) in [6, 6.07) is 19.5. The van der Waals surface area contributed by atoms with Gasteiger partial charge in [0.2, 0.25) is 0 Å². The number of aryl methyl sites for hydroxylation is 1. The molecular formula is C26H24FN3O2. The maximum atomic E-state index is 13.7. The predicted molar refractivity (Wildman–Crippen MR) is 124 cm³/mol. The number of hydrogen-bond donors (Lipinski definition) is 2. The van der Waals surface area contributed by atoms with Crippen molar-refractivity contribution in [1.29, 1.82) is 0 Å². The Bertz CT molecular complexity index is 1300. The fourth-order valence-electron chi connectivity index (χ4n) is 4.51. The summed E-state index contributed by atoms with van der Waals surface area (Å²) in [6.07, 6.45) is 0.710. The number of anilines is 1. The molecule has 1 aromatic heterocycles. The number of nitrogens with zero attached hydrogens (tertiary/aromatic N) is 1. The number of halogens is 1. The molecule has 0 unspecified atom stereocenters. The molecule has 1 aliphatic heterocycles. The number of hydrogen-bond acceptors (Lipinski definition) is 2. The number of H-pyrrole nitrogens is 1. The molecule has 1 aliphatic rings. The minimum Gasteiger partial charge on any atom is -0.497 e. The fraction of sp³-hybridized carbons (Fsp3) is 0.192. The molecule has 6 heteroatoms. The van der Waals surface area contributed by atoms with Gasteiger partial charge in [-0.3, -0.25) is 0 Å². The zero-order valence-electron chi connectivity index (χ0n) is 18.0. The first-order valence-corrected chi connectivity index (χ1v) is 10.6. The number of carbonyl (C=O) groups is 1. The number of amides is 2. The molecule has 2 N–H and O–H groups in total. The lowest BCUT2D eigenvalue weighted by Gasteiger charge is -2.36. The summed E-state index contributed by atoms with van der Waals surface area (Å²) in [6.45, 7) is 2.50. The van der Waals surface area contributed by atoms with E-state index < -0.39 is 0 Å². The van der Waals surface area contributed by atoms with Crippen LogP contribution in [-0.4, -0.2) is 29.6 Å². The largest absolute Gasteiger partial charge is 0.497 e. The number of nitrogens with one attached hydrogen (secondary N) is 2. The van der Waals surface area contributed by atoms with Crippen molar-refractivity contribution in [3.8, 4) is 5.75 Å². The number of para-hydroxylation sites is 1. The first-order chi connectivity index (χ1) is 15.5. The van der Waals surface area contributed by atoms with E-state index >= 15 is 0 Å². The van der Waals surface area contributed by atoms with Gasteiger partial charge < -0.3 is 19.9 Å². The number of urea groups is 1. The maximum Gasteiger partial charge on any atom is 0.322 e. The van der Waals surface area contributed by atoms with Crippen LogP contribution in [0.25, 0.3) is 10.9 Å². The monoisotopic (exact) mass is 429 g/mol. The number of ether oxygens (including phenoxy) is 1. The third-order valence-corrected chi connectivity index (χ3v) is 6.17. The van der Waals surface area contributed by atoms with E-state index in [9.17, 15) is 9.18 Å². The van der Waals surface area contributed by atoms with Crippen molar-refractivity contribution < 1.29 is 13.9 Å². The van der Waals surface area contributed by atoms with Gasteiger partial charge in [-0.2, -0.15) is 0 Å². The van der Waals surface area contributed by atoms with Crippen molar-refractivity contribution in [2.45, 2.75) is 19.4 Å². The van der Waals surface area contributed by atoms with Crippen LogP contribution >= 0.6 is 0 Å². The van der Waals surface area contributed by atoms with E-state index in [0.29, 0.717) is 13.0 Å². The molecule has 2 heterocycles. The van der Waals surface area contributed by atoms with Crippen LogP contribution in [0.15, 0.2) is 66.7 Å². The van der Waals surface area contributed by atoms with Gasteiger partial charge in [0.1, 0.15) is 11.6 Å². The van der Waals surface area contributed by atoms with E-state index in [2.05, 4.69) is 10.3 Å². The molecule has 162 valence electrons. The predicted octanol–water partition coefficient (Wildman–Crippen LogP) is 5.80. The first-order valence-electron chi connectivity index (χ1n) is 10.6. The average molecular weight is 429 g/mol. The summed E-state index contributed by atoms with van der Waals surface area (Å²) in [7, 11) is 1.65. The SMILES string of the molecule is COc1ccc2[nH]c3c(c2c1)CCN(C(=O)Nc1ccccc1C)[C@H]3c1ccc(F)cc1. The summed E-state index contributed by atoms with van der Waals surface area (Å²) >= 11 is 0. The van der Waals surface area contributed by atoms with Gasteiger partial charge in [0.25, 0.3) is 0 Å². The number of aromatic amines is 1. The summed E-state index contributed by atoms with van der Waals surface area (Å²) in [5.74, 6) is 0.486. The van der Waals surface area contributed by atoms with E-state index in [1.165, 1.54) is 12.1 Å². The molecule has 0 spiro atoms. The van der Waals surface area contributed by atoms with Crippen LogP contribution < -0.4 is 10.1 Å². The van der Waals surface area contributed by atoms with E-state index in [-0.39, 0.29) is 17.9 Å². The highest BCUT2D eigenvalue weighted by molar-refractivity contribution is 5.92. The summed E-state index contributed by atoms with van der Waals surface area (Å²) in [5.41, 5.74) is 5.73. The Morgan fingerprint density at radius 1 is 1.12 bits per heavy atom. The van der Waals surface area contributed by atoms with Gasteiger partial charge in [-0.25, -0.2) is 9.18 Å². The van der Waals surface area contributed by atoms with Gasteiger partial charge in [0.15, 0.2) is 0 Å². The lowest BCUT2D eigenvalue weighted by Crippen LogP contribution is -2.43. The minimum absolute atomic E-state index is 0.185. The Morgan fingerprint density at radius 2 is 1.91 bits per heavy atom. The number of methoxy groups -OCH3 is 1. The maximum absolute atomic E-state index is 13.7. The molecule has 2 amide bonds. The highest BCUT2D eigenvalue weighted by Crippen LogP contribution is 2.39. The first kappa shape index (κ1) is 20.1. The highest BCUT2D eigenvalue weighted by Gasteiger charge is 2.34. The standard InChI is InChI=1S/C26H24FN3O2/c1-16-5-3-4-6-22(16)29-26(31)30-14-13-20-21-15-19(32-2)11-12-23(21)28-24(20)25(30)17-7-9-18(27)10-8-17/h3-12,15,25,28H,13-14H2,1-2H3,(H,29,31)/t25-/m0/s1. The molecular weight excluding hydrogens is 405 g/mol. The van der Waals surface area contributed by atoms with Crippen molar-refractivity contribution in [3.05, 3.63) is 94.9 Å². The van der Waals surface area contributed by atoms with E-state index in [1.807, 2.05) is 54.3 Å². The Balaban J connectivity index is 1.59. The third kappa shape index (κ3) is 3.47. The van der Waals surface area contributed by atoms with Crippen molar-refractivity contribution in [2.75, 3.05) is 19.0 Å². The molecule has 0 radical (unpaired) electrons. The Kier molecular flexibility index (Phi) is 5.05. The number of rotatable bonds is 3. The van der Waals surface area contributed by atoms with Crippen LogP contribution in [0.2, 0.25) is 0 Å². The molecule has 5 rings (SSSR count). The van der Waals surface area contributed by atoms with Crippen LogP contribution in [0.3, 0.4) is 0 Å². The van der Waals surface area contributed by atoms with Crippen LogP contribution in [-0.2, 0) is 6.42 Å².